The number of thiocarbonyl (C=S) groups is 1. The lowest BCUT2D eigenvalue weighted by molar-refractivity contribution is 0.924. The Morgan fingerprint density at radius 1 is 1.56 bits per heavy atom. The van der Waals surface area contributed by atoms with Crippen molar-refractivity contribution in [3.8, 4) is 0 Å². The van der Waals surface area contributed by atoms with Gasteiger partial charge in [-0.05, 0) is 36.3 Å². The molecule has 0 spiro atoms. The highest BCUT2D eigenvalue weighted by Gasteiger charge is 2.06. The maximum Gasteiger partial charge on any atom is 0.169 e. The van der Waals surface area contributed by atoms with Gasteiger partial charge in [-0.3, -0.25) is 5.10 Å². The van der Waals surface area contributed by atoms with Gasteiger partial charge in [0, 0.05) is 5.39 Å². The van der Waals surface area contributed by atoms with Crippen LogP contribution in [0.1, 0.15) is 18.9 Å². The van der Waals surface area contributed by atoms with Crippen LogP contribution in [0.4, 0.5) is 5.82 Å². The van der Waals surface area contributed by atoms with E-state index in [2.05, 4.69) is 34.6 Å². The maximum atomic E-state index is 5.44. The number of nitrogens with one attached hydrogen (secondary N) is 2. The summed E-state index contributed by atoms with van der Waals surface area (Å²) in [5.41, 5.74) is 7.72. The van der Waals surface area contributed by atoms with Crippen molar-refractivity contribution in [1.82, 2.24) is 10.2 Å². The van der Waals surface area contributed by atoms with Crippen molar-refractivity contribution < 1.29 is 0 Å². The lowest BCUT2D eigenvalue weighted by atomic mass is 10.1. The fraction of sp³-hybridized carbons (Fsp3) is 0.273. The average molecular weight is 234 g/mol. The molecule has 0 saturated carbocycles. The first-order valence-electron chi connectivity index (χ1n) is 5.24. The van der Waals surface area contributed by atoms with Crippen molar-refractivity contribution in [2.75, 3.05) is 5.32 Å². The van der Waals surface area contributed by atoms with Crippen LogP contribution >= 0.6 is 12.2 Å². The molecule has 0 unspecified atom stereocenters. The number of fused-ring (bicyclic) bond motifs is 1. The number of rotatable bonds is 3. The van der Waals surface area contributed by atoms with Crippen LogP contribution in [0.3, 0.4) is 0 Å². The zero-order valence-electron chi connectivity index (χ0n) is 9.08. The van der Waals surface area contributed by atoms with Gasteiger partial charge in [0.1, 0.15) is 0 Å². The van der Waals surface area contributed by atoms with Crippen LogP contribution < -0.4 is 11.1 Å². The highest BCUT2D eigenvalue weighted by atomic mass is 32.1. The number of nitrogens with zero attached hydrogens (tertiary/aromatic N) is 1. The van der Waals surface area contributed by atoms with E-state index in [0.717, 1.165) is 23.7 Å². The third-order valence-electron chi connectivity index (χ3n) is 2.41. The molecule has 0 radical (unpaired) electrons. The molecule has 5 heteroatoms. The number of aromatic nitrogens is 2. The summed E-state index contributed by atoms with van der Waals surface area (Å²) < 4.78 is 0. The highest BCUT2D eigenvalue weighted by molar-refractivity contribution is 7.80. The summed E-state index contributed by atoms with van der Waals surface area (Å²) in [6, 6.07) is 6.25. The number of aromatic amines is 1. The summed E-state index contributed by atoms with van der Waals surface area (Å²) in [5, 5.41) is 11.2. The number of H-pyrrole nitrogens is 1. The third-order valence-corrected chi connectivity index (χ3v) is 2.51. The van der Waals surface area contributed by atoms with E-state index in [1.807, 2.05) is 6.07 Å². The Hall–Kier alpha value is -1.62. The normalized spacial score (nSPS) is 10.6. The molecule has 16 heavy (non-hydrogen) atoms. The van der Waals surface area contributed by atoms with Gasteiger partial charge < -0.3 is 11.1 Å². The molecule has 0 aliphatic carbocycles. The van der Waals surface area contributed by atoms with Crippen molar-refractivity contribution in [3.63, 3.8) is 0 Å². The summed E-state index contributed by atoms with van der Waals surface area (Å²) in [5.74, 6) is 0.695. The first-order valence-corrected chi connectivity index (χ1v) is 5.65. The number of aryl methyl sites for hydroxylation is 1. The second kappa shape index (κ2) is 4.49. The fourth-order valence-corrected chi connectivity index (χ4v) is 1.81. The van der Waals surface area contributed by atoms with E-state index in [0.29, 0.717) is 5.82 Å². The van der Waals surface area contributed by atoms with Gasteiger partial charge in [0.25, 0.3) is 0 Å². The minimum Gasteiger partial charge on any atom is -0.376 e. The Balaban J connectivity index is 2.42. The molecule has 0 aliphatic rings. The van der Waals surface area contributed by atoms with Crippen LogP contribution in [0.5, 0.6) is 0 Å². The Morgan fingerprint density at radius 2 is 2.38 bits per heavy atom. The number of nitrogens with two attached hydrogens (primary N) is 1. The van der Waals surface area contributed by atoms with Gasteiger partial charge in [0.15, 0.2) is 10.9 Å². The van der Waals surface area contributed by atoms with E-state index in [1.54, 1.807) is 0 Å². The van der Waals surface area contributed by atoms with E-state index in [1.165, 1.54) is 5.56 Å². The number of hydrogen-bond donors (Lipinski definition) is 3. The second-order valence-electron chi connectivity index (χ2n) is 3.69. The van der Waals surface area contributed by atoms with Gasteiger partial charge in [-0.2, -0.15) is 5.10 Å². The molecule has 2 rings (SSSR count). The smallest absolute Gasteiger partial charge is 0.169 e. The molecule has 4 nitrogen and oxygen atoms in total. The Bertz CT molecular complexity index is 518. The molecule has 0 atom stereocenters. The van der Waals surface area contributed by atoms with Crippen LogP contribution in [0, 0.1) is 0 Å². The van der Waals surface area contributed by atoms with Crippen molar-refractivity contribution >= 4 is 34.1 Å². The molecular formula is C11H14N4S. The second-order valence-corrected chi connectivity index (χ2v) is 4.13. The van der Waals surface area contributed by atoms with Gasteiger partial charge in [0.2, 0.25) is 0 Å². The lowest BCUT2D eigenvalue weighted by Gasteiger charge is -2.01. The SMILES string of the molecule is CCCc1ccc2[nH]nc(NC(N)=S)c2c1. The first kappa shape index (κ1) is 10.9. The zero-order valence-corrected chi connectivity index (χ0v) is 9.90. The van der Waals surface area contributed by atoms with E-state index in [4.69, 9.17) is 18.0 Å². The Kier molecular flexibility index (Phi) is 3.05. The van der Waals surface area contributed by atoms with Gasteiger partial charge in [-0.1, -0.05) is 19.4 Å². The van der Waals surface area contributed by atoms with E-state index >= 15 is 0 Å². The molecule has 0 aliphatic heterocycles. The minimum atomic E-state index is 0.231. The molecule has 0 saturated heterocycles. The molecule has 4 N–H and O–H groups in total. The molecule has 0 bridgehead atoms. The molecule has 1 heterocycles. The molecule has 1 aromatic heterocycles. The predicted octanol–water partition coefficient (Wildman–Crippen LogP) is 2.17. The van der Waals surface area contributed by atoms with E-state index in [-0.39, 0.29) is 5.11 Å². The maximum absolute atomic E-state index is 5.44. The highest BCUT2D eigenvalue weighted by Crippen LogP contribution is 2.22. The topological polar surface area (TPSA) is 66.7 Å². The van der Waals surface area contributed by atoms with Crippen molar-refractivity contribution in [2.24, 2.45) is 5.73 Å². The summed E-state index contributed by atoms with van der Waals surface area (Å²) in [4.78, 5) is 0. The van der Waals surface area contributed by atoms with Crippen LogP contribution in [0.15, 0.2) is 18.2 Å². The Labute approximate surface area is 99.2 Å². The van der Waals surface area contributed by atoms with Crippen molar-refractivity contribution in [1.29, 1.82) is 0 Å². The molecule has 0 fully saturated rings. The molecule has 2 aromatic rings. The minimum absolute atomic E-state index is 0.231. The monoisotopic (exact) mass is 234 g/mol. The third kappa shape index (κ3) is 2.14. The van der Waals surface area contributed by atoms with E-state index < -0.39 is 0 Å². The standard InChI is InChI=1S/C11H14N4S/c1-2-3-7-4-5-9-8(6-7)10(15-14-9)13-11(12)16/h4-6H,2-3H2,1H3,(H4,12,13,14,15,16). The molecular weight excluding hydrogens is 220 g/mol. The van der Waals surface area contributed by atoms with Crippen LogP contribution in [0.25, 0.3) is 10.9 Å². The largest absolute Gasteiger partial charge is 0.376 e. The molecule has 1 aromatic carbocycles. The van der Waals surface area contributed by atoms with Crippen LogP contribution in [0.2, 0.25) is 0 Å². The number of hydrogen-bond acceptors (Lipinski definition) is 2. The number of benzene rings is 1. The summed E-state index contributed by atoms with van der Waals surface area (Å²) in [6.07, 6.45) is 2.19. The van der Waals surface area contributed by atoms with Crippen LogP contribution in [-0.4, -0.2) is 15.3 Å². The first-order chi connectivity index (χ1) is 7.70. The zero-order chi connectivity index (χ0) is 11.5. The Morgan fingerprint density at radius 3 is 3.06 bits per heavy atom. The predicted molar refractivity (Wildman–Crippen MR) is 70.5 cm³/mol. The van der Waals surface area contributed by atoms with Crippen molar-refractivity contribution in [2.45, 2.75) is 19.8 Å². The number of anilines is 1. The van der Waals surface area contributed by atoms with Crippen LogP contribution in [-0.2, 0) is 6.42 Å². The molecule has 0 amide bonds. The lowest BCUT2D eigenvalue weighted by Crippen LogP contribution is -2.19. The fourth-order valence-electron chi connectivity index (χ4n) is 1.72. The molecule has 84 valence electrons. The summed E-state index contributed by atoms with van der Waals surface area (Å²) in [7, 11) is 0. The van der Waals surface area contributed by atoms with Crippen molar-refractivity contribution in [3.05, 3.63) is 23.8 Å². The average Bonchev–Trinajstić information content (AvgIpc) is 2.61. The van der Waals surface area contributed by atoms with Gasteiger partial charge in [-0.25, -0.2) is 0 Å². The summed E-state index contributed by atoms with van der Waals surface area (Å²) >= 11 is 4.80. The van der Waals surface area contributed by atoms with E-state index in [9.17, 15) is 0 Å². The van der Waals surface area contributed by atoms with Gasteiger partial charge in [0.05, 0.1) is 5.52 Å². The van der Waals surface area contributed by atoms with Gasteiger partial charge in [-0.15, -0.1) is 0 Å². The summed E-state index contributed by atoms with van der Waals surface area (Å²) in [6.45, 7) is 2.16. The van der Waals surface area contributed by atoms with Gasteiger partial charge >= 0.3 is 0 Å². The quantitative estimate of drug-likeness (QED) is 0.712.